The van der Waals surface area contributed by atoms with Crippen molar-refractivity contribution in [2.75, 3.05) is 6.61 Å². The quantitative estimate of drug-likeness (QED) is 0.819. The average Bonchev–Trinajstić information content (AvgIpc) is 2.97. The predicted molar refractivity (Wildman–Crippen MR) is 90.8 cm³/mol. The summed E-state index contributed by atoms with van der Waals surface area (Å²) in [5, 5.41) is 3.81. The maximum absolute atomic E-state index is 5.84. The van der Waals surface area contributed by atoms with Crippen LogP contribution in [0, 0.1) is 5.92 Å². The Hall–Kier alpha value is -0.540. The van der Waals surface area contributed by atoms with E-state index in [0.717, 1.165) is 31.2 Å². The first kappa shape index (κ1) is 15.4. The Kier molecular flexibility index (Phi) is 5.23. The molecule has 3 rings (SSSR count). The third kappa shape index (κ3) is 3.62. The molecule has 1 N–H and O–H groups in total. The maximum Gasteiger partial charge on any atom is 0.127 e. The predicted octanol–water partition coefficient (Wildman–Crippen LogP) is 4.83. The molecule has 1 atom stereocenters. The fourth-order valence-corrected chi connectivity index (χ4v) is 4.45. The van der Waals surface area contributed by atoms with Crippen molar-refractivity contribution < 1.29 is 4.74 Å². The number of benzene rings is 1. The van der Waals surface area contributed by atoms with Crippen LogP contribution in [0.1, 0.15) is 56.6 Å². The van der Waals surface area contributed by atoms with Gasteiger partial charge in [0.2, 0.25) is 0 Å². The third-order valence-corrected chi connectivity index (χ3v) is 5.50. The van der Waals surface area contributed by atoms with Crippen LogP contribution in [0.3, 0.4) is 0 Å². The van der Waals surface area contributed by atoms with E-state index >= 15 is 0 Å². The monoisotopic (exact) mass is 351 g/mol. The molecule has 116 valence electrons. The zero-order valence-electron chi connectivity index (χ0n) is 13.0. The molecule has 1 aromatic carbocycles. The average molecular weight is 352 g/mol. The summed E-state index contributed by atoms with van der Waals surface area (Å²) in [7, 11) is 0. The standard InChI is InChI=1S/C18H26BrNO/c1-2-17(13-6-4-3-5-7-13)20-12-15-11-16(19)10-14-8-9-21-18(14)15/h10-11,13,17,20H,2-9,12H2,1H3. The SMILES string of the molecule is CCC(NCc1cc(Br)cc2c1OCC2)C1CCCCC1. The van der Waals surface area contributed by atoms with E-state index in [4.69, 9.17) is 4.74 Å². The van der Waals surface area contributed by atoms with Gasteiger partial charge in [0.25, 0.3) is 0 Å². The van der Waals surface area contributed by atoms with Gasteiger partial charge in [-0.3, -0.25) is 0 Å². The highest BCUT2D eigenvalue weighted by atomic mass is 79.9. The van der Waals surface area contributed by atoms with Crippen LogP contribution in [0.5, 0.6) is 5.75 Å². The van der Waals surface area contributed by atoms with Gasteiger partial charge in [-0.15, -0.1) is 0 Å². The van der Waals surface area contributed by atoms with Crippen molar-refractivity contribution in [2.24, 2.45) is 5.92 Å². The van der Waals surface area contributed by atoms with Crippen LogP contribution in [-0.4, -0.2) is 12.6 Å². The van der Waals surface area contributed by atoms with Crippen LogP contribution in [-0.2, 0) is 13.0 Å². The van der Waals surface area contributed by atoms with Gasteiger partial charge < -0.3 is 10.1 Å². The Labute approximate surface area is 136 Å². The van der Waals surface area contributed by atoms with Crippen molar-refractivity contribution in [3.05, 3.63) is 27.7 Å². The number of rotatable bonds is 5. The minimum atomic E-state index is 0.654. The molecule has 2 nitrogen and oxygen atoms in total. The molecule has 0 saturated heterocycles. The molecular weight excluding hydrogens is 326 g/mol. The highest BCUT2D eigenvalue weighted by Gasteiger charge is 2.23. The normalized spacial score (nSPS) is 20.1. The molecule has 1 saturated carbocycles. The number of ether oxygens (including phenoxy) is 1. The van der Waals surface area contributed by atoms with Crippen molar-refractivity contribution in [2.45, 2.75) is 64.5 Å². The second-order valence-corrected chi connectivity index (χ2v) is 7.36. The number of nitrogens with one attached hydrogen (secondary N) is 1. The van der Waals surface area contributed by atoms with E-state index in [9.17, 15) is 0 Å². The van der Waals surface area contributed by atoms with E-state index in [0.29, 0.717) is 6.04 Å². The number of hydrogen-bond acceptors (Lipinski definition) is 2. The zero-order valence-corrected chi connectivity index (χ0v) is 14.5. The molecule has 0 bridgehead atoms. The first-order valence-electron chi connectivity index (χ1n) is 8.45. The van der Waals surface area contributed by atoms with E-state index in [1.165, 1.54) is 54.1 Å². The lowest BCUT2D eigenvalue weighted by Crippen LogP contribution is -2.36. The van der Waals surface area contributed by atoms with Gasteiger partial charge in [-0.2, -0.15) is 0 Å². The Morgan fingerprint density at radius 2 is 2.10 bits per heavy atom. The molecule has 1 heterocycles. The fourth-order valence-electron chi connectivity index (χ4n) is 3.90. The molecule has 3 heteroatoms. The number of fused-ring (bicyclic) bond motifs is 1. The van der Waals surface area contributed by atoms with E-state index in [1.54, 1.807) is 0 Å². The topological polar surface area (TPSA) is 21.3 Å². The maximum atomic E-state index is 5.84. The van der Waals surface area contributed by atoms with Gasteiger partial charge in [0.05, 0.1) is 6.61 Å². The molecule has 0 spiro atoms. The van der Waals surface area contributed by atoms with Crippen molar-refractivity contribution in [1.82, 2.24) is 5.32 Å². The summed E-state index contributed by atoms with van der Waals surface area (Å²) in [6, 6.07) is 5.07. The second kappa shape index (κ2) is 7.15. The summed E-state index contributed by atoms with van der Waals surface area (Å²) in [6.07, 6.45) is 9.33. The van der Waals surface area contributed by atoms with Gasteiger partial charge in [0.15, 0.2) is 0 Å². The third-order valence-electron chi connectivity index (χ3n) is 5.04. The molecule has 1 aliphatic carbocycles. The van der Waals surface area contributed by atoms with Crippen molar-refractivity contribution in [3.8, 4) is 5.75 Å². The first-order chi connectivity index (χ1) is 10.3. The van der Waals surface area contributed by atoms with Crippen LogP contribution in [0.2, 0.25) is 0 Å². The van der Waals surface area contributed by atoms with Gasteiger partial charge in [0, 0.05) is 29.0 Å². The van der Waals surface area contributed by atoms with E-state index in [2.05, 4.69) is 40.3 Å². The van der Waals surface area contributed by atoms with Gasteiger partial charge in [-0.25, -0.2) is 0 Å². The number of hydrogen-bond donors (Lipinski definition) is 1. The lowest BCUT2D eigenvalue weighted by molar-refractivity contribution is 0.260. The van der Waals surface area contributed by atoms with Crippen LogP contribution < -0.4 is 10.1 Å². The summed E-state index contributed by atoms with van der Waals surface area (Å²) >= 11 is 3.63. The van der Waals surface area contributed by atoms with Crippen molar-refractivity contribution >= 4 is 15.9 Å². The minimum Gasteiger partial charge on any atom is -0.493 e. The molecule has 1 aliphatic heterocycles. The molecule has 2 aliphatic rings. The Bertz CT molecular complexity index is 482. The van der Waals surface area contributed by atoms with Gasteiger partial charge in [-0.1, -0.05) is 42.1 Å². The molecular formula is C18H26BrNO. The van der Waals surface area contributed by atoms with Crippen molar-refractivity contribution in [3.63, 3.8) is 0 Å². The Morgan fingerprint density at radius 3 is 2.86 bits per heavy atom. The van der Waals surface area contributed by atoms with Gasteiger partial charge in [-0.05, 0) is 42.9 Å². The summed E-state index contributed by atoms with van der Waals surface area (Å²) in [4.78, 5) is 0. The highest BCUT2D eigenvalue weighted by Crippen LogP contribution is 2.33. The molecule has 0 radical (unpaired) electrons. The second-order valence-electron chi connectivity index (χ2n) is 6.45. The Balaban J connectivity index is 1.66. The molecule has 21 heavy (non-hydrogen) atoms. The highest BCUT2D eigenvalue weighted by molar-refractivity contribution is 9.10. The largest absolute Gasteiger partial charge is 0.493 e. The first-order valence-corrected chi connectivity index (χ1v) is 9.24. The summed E-state index contributed by atoms with van der Waals surface area (Å²) in [6.45, 7) is 4.07. The minimum absolute atomic E-state index is 0.654. The molecule has 1 unspecified atom stereocenters. The summed E-state index contributed by atoms with van der Waals surface area (Å²) < 4.78 is 7.01. The smallest absolute Gasteiger partial charge is 0.127 e. The Morgan fingerprint density at radius 1 is 1.29 bits per heavy atom. The lowest BCUT2D eigenvalue weighted by atomic mass is 9.83. The summed E-state index contributed by atoms with van der Waals surface area (Å²) in [5.74, 6) is 1.99. The van der Waals surface area contributed by atoms with Gasteiger partial charge in [0.1, 0.15) is 5.75 Å². The van der Waals surface area contributed by atoms with E-state index in [1.807, 2.05) is 0 Å². The zero-order chi connectivity index (χ0) is 14.7. The van der Waals surface area contributed by atoms with Crippen LogP contribution in [0.4, 0.5) is 0 Å². The fraction of sp³-hybridized carbons (Fsp3) is 0.667. The van der Waals surface area contributed by atoms with Crippen LogP contribution >= 0.6 is 15.9 Å². The van der Waals surface area contributed by atoms with Gasteiger partial charge >= 0.3 is 0 Å². The van der Waals surface area contributed by atoms with E-state index < -0.39 is 0 Å². The molecule has 0 amide bonds. The van der Waals surface area contributed by atoms with Crippen LogP contribution in [0.25, 0.3) is 0 Å². The molecule has 1 fully saturated rings. The summed E-state index contributed by atoms with van der Waals surface area (Å²) in [5.41, 5.74) is 2.66. The van der Waals surface area contributed by atoms with Crippen molar-refractivity contribution in [1.29, 1.82) is 0 Å². The molecule has 1 aromatic rings. The number of halogens is 1. The van der Waals surface area contributed by atoms with E-state index in [-0.39, 0.29) is 0 Å². The van der Waals surface area contributed by atoms with Crippen LogP contribution in [0.15, 0.2) is 16.6 Å². The molecule has 0 aromatic heterocycles. The lowest BCUT2D eigenvalue weighted by Gasteiger charge is -2.30.